The number of nitrogens with one attached hydrogen (secondary N) is 1. The first-order chi connectivity index (χ1) is 33.2. The number of nitriles is 1. The van der Waals surface area contributed by atoms with Crippen molar-refractivity contribution in [1.29, 1.82) is 5.26 Å². The van der Waals surface area contributed by atoms with Crippen LogP contribution in [-0.2, 0) is 28.9 Å². The molecule has 0 radical (unpaired) electrons. The van der Waals surface area contributed by atoms with Gasteiger partial charge in [-0.2, -0.15) is 10.5 Å². The maximum atomic E-state index is 13.3. The number of hydrogen-bond acceptors (Lipinski definition) is 10. The SMILES string of the molecule is Cc1ccc(CC(=O)C[C@H](CCC#N)c2noc(C3CC(CC(C)C)C3)c2C2CC2)c(C)c1.Cc1ccc(CC(=O)C[C@H](CCc2nn[nH]n2)c2noc(C3CC(CC(C)C)C3)c2C2CC2)c(C)c1. The molecule has 0 spiro atoms. The summed E-state index contributed by atoms with van der Waals surface area (Å²) in [6.45, 7) is 17.5. The van der Waals surface area contributed by atoms with Gasteiger partial charge in [-0.15, -0.1) is 10.2 Å². The van der Waals surface area contributed by atoms with Crippen LogP contribution in [0.4, 0.5) is 0 Å². The van der Waals surface area contributed by atoms with Crippen LogP contribution < -0.4 is 0 Å². The molecule has 0 unspecified atom stereocenters. The molecule has 11 nitrogen and oxygen atoms in total. The predicted molar refractivity (Wildman–Crippen MR) is 268 cm³/mol. The Labute approximate surface area is 410 Å². The quantitative estimate of drug-likeness (QED) is 0.0666. The fraction of sp³-hybridized carbons (Fsp3) is 0.621. The average Bonchev–Trinajstić information content (AvgIpc) is 4.15. The molecule has 0 aliphatic heterocycles. The number of hydrogen-bond donors (Lipinski definition) is 1. The van der Waals surface area contributed by atoms with Gasteiger partial charge in [-0.25, -0.2) is 0 Å². The number of carbonyl (C=O) groups excluding carboxylic acids is 2. The minimum Gasteiger partial charge on any atom is -0.361 e. The third-order valence-corrected chi connectivity index (χ3v) is 15.6. The summed E-state index contributed by atoms with van der Waals surface area (Å²) >= 11 is 0. The molecule has 0 saturated heterocycles. The van der Waals surface area contributed by atoms with Gasteiger partial charge >= 0.3 is 0 Å². The minimum absolute atomic E-state index is 0.00129. The lowest BCUT2D eigenvalue weighted by Crippen LogP contribution is -2.23. The Hall–Kier alpha value is -5.24. The van der Waals surface area contributed by atoms with E-state index in [0.717, 1.165) is 64.1 Å². The lowest BCUT2D eigenvalue weighted by molar-refractivity contribution is -0.119. The van der Waals surface area contributed by atoms with Crippen molar-refractivity contribution in [3.63, 3.8) is 0 Å². The fourth-order valence-corrected chi connectivity index (χ4v) is 11.7. The van der Waals surface area contributed by atoms with Gasteiger partial charge in [0.2, 0.25) is 0 Å². The van der Waals surface area contributed by atoms with E-state index in [4.69, 9.17) is 9.05 Å². The van der Waals surface area contributed by atoms with Crippen molar-refractivity contribution in [2.75, 3.05) is 0 Å². The molecule has 1 N–H and O–H groups in total. The molecule has 4 saturated carbocycles. The van der Waals surface area contributed by atoms with E-state index in [1.54, 1.807) is 0 Å². The highest BCUT2D eigenvalue weighted by atomic mass is 16.5. The number of Topliss-reactive ketones (excluding diaryl/α,β-unsaturated/α-hetero) is 2. The Morgan fingerprint density at radius 2 is 1.14 bits per heavy atom. The van der Waals surface area contributed by atoms with Crippen molar-refractivity contribution in [1.82, 2.24) is 30.9 Å². The first kappa shape index (κ1) is 50.2. The molecule has 69 heavy (non-hydrogen) atoms. The predicted octanol–water partition coefficient (Wildman–Crippen LogP) is 13.4. The van der Waals surface area contributed by atoms with Crippen molar-refractivity contribution in [2.24, 2.45) is 23.7 Å². The van der Waals surface area contributed by atoms with Gasteiger partial charge in [0.1, 0.15) is 23.1 Å². The Morgan fingerprint density at radius 3 is 1.54 bits per heavy atom. The molecule has 4 aliphatic rings. The van der Waals surface area contributed by atoms with Crippen LogP contribution in [0.15, 0.2) is 45.4 Å². The smallest absolute Gasteiger partial charge is 0.174 e. The lowest BCUT2D eigenvalue weighted by atomic mass is 9.69. The summed E-state index contributed by atoms with van der Waals surface area (Å²) in [6, 6.07) is 14.9. The number of aryl methyl sites for hydroxylation is 5. The highest BCUT2D eigenvalue weighted by Gasteiger charge is 2.43. The molecule has 4 aliphatic carbocycles. The van der Waals surface area contributed by atoms with Gasteiger partial charge in [0.25, 0.3) is 0 Å². The summed E-state index contributed by atoms with van der Waals surface area (Å²) < 4.78 is 12.1. The number of rotatable bonds is 23. The summed E-state index contributed by atoms with van der Waals surface area (Å²) in [7, 11) is 0. The average molecular weight is 936 g/mol. The molecule has 9 rings (SSSR count). The van der Waals surface area contributed by atoms with Crippen LogP contribution in [0.25, 0.3) is 0 Å². The van der Waals surface area contributed by atoms with Crippen molar-refractivity contribution < 1.29 is 18.6 Å². The van der Waals surface area contributed by atoms with Crippen molar-refractivity contribution in [3.05, 3.63) is 110 Å². The second-order valence-electron chi connectivity index (χ2n) is 22.7. The van der Waals surface area contributed by atoms with Gasteiger partial charge in [-0.1, -0.05) is 90.7 Å². The van der Waals surface area contributed by atoms with Crippen molar-refractivity contribution in [2.45, 2.75) is 206 Å². The zero-order chi connectivity index (χ0) is 48.8. The number of nitrogens with zero attached hydrogens (tertiary/aromatic N) is 6. The van der Waals surface area contributed by atoms with E-state index < -0.39 is 0 Å². The molecule has 368 valence electrons. The number of ketones is 2. The second kappa shape index (κ2) is 22.7. The number of benzene rings is 2. The number of H-pyrrole nitrogens is 1. The van der Waals surface area contributed by atoms with E-state index in [-0.39, 0.29) is 23.4 Å². The van der Waals surface area contributed by atoms with Gasteiger partial charge < -0.3 is 9.05 Å². The Balaban J connectivity index is 0.000000187. The fourth-order valence-electron chi connectivity index (χ4n) is 11.7. The Bertz CT molecular complexity index is 2540. The lowest BCUT2D eigenvalue weighted by Gasteiger charge is -2.35. The van der Waals surface area contributed by atoms with Crippen molar-refractivity contribution >= 4 is 11.6 Å². The summed E-state index contributed by atoms with van der Waals surface area (Å²) in [5, 5.41) is 33.0. The summed E-state index contributed by atoms with van der Waals surface area (Å²) in [6.07, 6.45) is 16.4. The zero-order valence-electron chi connectivity index (χ0n) is 42.8. The van der Waals surface area contributed by atoms with E-state index in [2.05, 4.69) is 129 Å². The number of tetrazole rings is 1. The van der Waals surface area contributed by atoms with Crippen molar-refractivity contribution in [3.8, 4) is 6.07 Å². The van der Waals surface area contributed by atoms with Crippen LogP contribution in [0.5, 0.6) is 0 Å². The normalized spacial score (nSPS) is 20.7. The second-order valence-corrected chi connectivity index (χ2v) is 22.7. The number of aromatic nitrogens is 6. The topological polar surface area (TPSA) is 164 Å². The van der Waals surface area contributed by atoms with E-state index >= 15 is 0 Å². The summed E-state index contributed by atoms with van der Waals surface area (Å²) in [5.41, 5.74) is 11.6. The third kappa shape index (κ3) is 13.1. The van der Waals surface area contributed by atoms with E-state index in [9.17, 15) is 14.9 Å². The molecular formula is C58H77N7O4. The van der Waals surface area contributed by atoms with Crippen LogP contribution in [0.3, 0.4) is 0 Å². The largest absolute Gasteiger partial charge is 0.361 e. The molecule has 4 fully saturated rings. The van der Waals surface area contributed by atoms with Crippen LogP contribution in [0, 0.1) is 62.7 Å². The maximum Gasteiger partial charge on any atom is 0.174 e. The number of aromatic amines is 1. The highest BCUT2D eigenvalue weighted by Crippen LogP contribution is 2.54. The van der Waals surface area contributed by atoms with Gasteiger partial charge in [-0.3, -0.25) is 9.59 Å². The van der Waals surface area contributed by atoms with E-state index in [1.165, 1.54) is 97.6 Å². The summed E-state index contributed by atoms with van der Waals surface area (Å²) in [5.74, 6) is 8.41. The molecular weight excluding hydrogens is 859 g/mol. The van der Waals surface area contributed by atoms with Crippen LogP contribution in [0.1, 0.15) is 233 Å². The molecule has 0 bridgehead atoms. The molecule has 2 atom stereocenters. The molecule has 3 heterocycles. The molecule has 5 aromatic rings. The molecule has 3 aromatic heterocycles. The minimum atomic E-state index is -0.0254. The first-order valence-corrected chi connectivity index (χ1v) is 26.5. The number of carbonyl (C=O) groups is 2. The van der Waals surface area contributed by atoms with E-state index in [1.807, 2.05) is 0 Å². The Morgan fingerprint density at radius 1 is 0.681 bits per heavy atom. The van der Waals surface area contributed by atoms with E-state index in [0.29, 0.717) is 74.4 Å². The standard InChI is InChI=1S/C29H39N5O2.C29H38N2O2/c1-17(2)11-20-13-24(14-20)29-27(21-7-8-21)28(32-36-29)23(9-10-26-30-33-34-31-26)16-25(35)15-22-6-5-18(3)12-19(22)4;1-18(2)12-21-14-25(15-21)29-27(22-9-10-22)28(31-33-29)24(6-5-11-30)17-26(32)16-23-8-7-19(3)13-20(23)4/h5-6,12,17,20-21,23-24H,7-11,13-16H2,1-4H3,(H,30,31,33,34);7-8,13,18,21-22,24-25H,5-6,9-10,12,14-17H2,1-4H3/t20?,23-,24?;21?,24-,25?/m00/s1. The molecule has 0 amide bonds. The molecule has 11 heteroatoms. The monoisotopic (exact) mass is 936 g/mol. The summed E-state index contributed by atoms with van der Waals surface area (Å²) in [4.78, 5) is 26.4. The van der Waals surface area contributed by atoms with Crippen LogP contribution >= 0.6 is 0 Å². The molecule has 2 aromatic carbocycles. The van der Waals surface area contributed by atoms with Crippen LogP contribution in [-0.4, -0.2) is 42.5 Å². The van der Waals surface area contributed by atoms with Gasteiger partial charge in [0.05, 0.1) is 17.5 Å². The third-order valence-electron chi connectivity index (χ3n) is 15.6. The highest BCUT2D eigenvalue weighted by molar-refractivity contribution is 5.82. The van der Waals surface area contributed by atoms with Gasteiger partial charge in [0, 0.05) is 73.3 Å². The van der Waals surface area contributed by atoms with Gasteiger partial charge in [0.15, 0.2) is 5.82 Å². The zero-order valence-corrected chi connectivity index (χ0v) is 42.8. The van der Waals surface area contributed by atoms with Gasteiger partial charge in [-0.05, 0) is 163 Å². The first-order valence-electron chi connectivity index (χ1n) is 26.5. The maximum absolute atomic E-state index is 13.3. The van der Waals surface area contributed by atoms with Crippen LogP contribution in [0.2, 0.25) is 0 Å². The Kier molecular flexibility index (Phi) is 16.5.